The summed E-state index contributed by atoms with van der Waals surface area (Å²) in [6.07, 6.45) is 0. The van der Waals surface area contributed by atoms with Crippen LogP contribution in [-0.2, 0) is 5.60 Å². The summed E-state index contributed by atoms with van der Waals surface area (Å²) in [5.74, 6) is 1.40. The molecule has 1 rings (SSSR count). The summed E-state index contributed by atoms with van der Waals surface area (Å²) in [4.78, 5) is 0. The molecular weight excluding hydrogens is 142 g/mol. The Morgan fingerprint density at radius 2 is 2.27 bits per heavy atom. The van der Waals surface area contributed by atoms with Gasteiger partial charge in [-0.25, -0.2) is 0 Å². The predicted octanol–water partition coefficient (Wildman–Crippen LogP) is 0.0374. The van der Waals surface area contributed by atoms with Crippen LogP contribution < -0.4 is 5.73 Å². The Balaban J connectivity index is 2.92. The maximum absolute atomic E-state index is 9.65. The quantitative estimate of drug-likeness (QED) is 0.635. The first kappa shape index (κ1) is 8.30. The zero-order chi connectivity index (χ0) is 8.48. The maximum Gasteiger partial charge on any atom is 0.168 e. The van der Waals surface area contributed by atoms with Crippen molar-refractivity contribution in [1.82, 2.24) is 0 Å². The van der Waals surface area contributed by atoms with E-state index in [0.717, 1.165) is 5.76 Å². The highest BCUT2D eigenvalue weighted by Gasteiger charge is 2.26. The summed E-state index contributed by atoms with van der Waals surface area (Å²) < 4.78 is 5.25. The van der Waals surface area contributed by atoms with Crippen molar-refractivity contribution in [2.75, 3.05) is 6.54 Å². The van der Waals surface area contributed by atoms with Gasteiger partial charge in [-0.3, -0.25) is 0 Å². The molecule has 3 heteroatoms. The molecule has 11 heavy (non-hydrogen) atoms. The zero-order valence-corrected chi connectivity index (χ0v) is 6.92. The van der Waals surface area contributed by atoms with Crippen LogP contribution in [0.5, 0.6) is 0 Å². The van der Waals surface area contributed by atoms with Gasteiger partial charge < -0.3 is 15.3 Å². The second-order valence-electron chi connectivity index (χ2n) is 2.93. The standard InChI is InChI=1S/C8H13NO2/c1-6-3-4-7(11-6)8(2,10)5-9/h3-4,10H,5,9H2,1-2H3/p+1. The van der Waals surface area contributed by atoms with Crippen LogP contribution in [0.25, 0.3) is 0 Å². The molecule has 3 nitrogen and oxygen atoms in total. The van der Waals surface area contributed by atoms with Crippen LogP contribution in [0, 0.1) is 6.92 Å². The predicted molar refractivity (Wildman–Crippen MR) is 40.8 cm³/mol. The molecule has 1 aromatic heterocycles. The number of hydrogen-bond donors (Lipinski definition) is 2. The fourth-order valence-corrected chi connectivity index (χ4v) is 0.847. The van der Waals surface area contributed by atoms with Crippen molar-refractivity contribution < 1.29 is 15.3 Å². The van der Waals surface area contributed by atoms with E-state index in [2.05, 4.69) is 5.73 Å². The number of hydrogen-bond acceptors (Lipinski definition) is 2. The monoisotopic (exact) mass is 156 g/mol. The lowest BCUT2D eigenvalue weighted by atomic mass is 10.1. The molecule has 62 valence electrons. The van der Waals surface area contributed by atoms with Crippen molar-refractivity contribution >= 4 is 0 Å². The van der Waals surface area contributed by atoms with Crippen molar-refractivity contribution in [3.63, 3.8) is 0 Å². The Labute approximate surface area is 65.8 Å². The van der Waals surface area contributed by atoms with Gasteiger partial charge in [0.2, 0.25) is 0 Å². The summed E-state index contributed by atoms with van der Waals surface area (Å²) in [6.45, 7) is 3.96. The Hall–Kier alpha value is -0.800. The SMILES string of the molecule is Cc1ccc(C(C)(O)C[NH3+])o1. The van der Waals surface area contributed by atoms with E-state index in [1.807, 2.05) is 13.0 Å². The Morgan fingerprint density at radius 1 is 1.64 bits per heavy atom. The second-order valence-corrected chi connectivity index (χ2v) is 2.93. The minimum atomic E-state index is -0.922. The summed E-state index contributed by atoms with van der Waals surface area (Å²) in [5, 5.41) is 9.65. The molecule has 0 bridgehead atoms. The molecule has 0 aromatic carbocycles. The Kier molecular flexibility index (Phi) is 2.02. The Morgan fingerprint density at radius 3 is 2.64 bits per heavy atom. The molecule has 0 radical (unpaired) electrons. The van der Waals surface area contributed by atoms with E-state index in [9.17, 15) is 5.11 Å². The van der Waals surface area contributed by atoms with E-state index in [-0.39, 0.29) is 0 Å². The highest BCUT2D eigenvalue weighted by atomic mass is 16.4. The smallest absolute Gasteiger partial charge is 0.168 e. The fourth-order valence-electron chi connectivity index (χ4n) is 0.847. The molecule has 1 atom stereocenters. The topological polar surface area (TPSA) is 61.0 Å². The minimum Gasteiger partial charge on any atom is -0.463 e. The van der Waals surface area contributed by atoms with Crippen LogP contribution in [0.3, 0.4) is 0 Å². The van der Waals surface area contributed by atoms with E-state index >= 15 is 0 Å². The highest BCUT2D eigenvalue weighted by molar-refractivity contribution is 5.11. The first-order valence-electron chi connectivity index (χ1n) is 3.65. The van der Waals surface area contributed by atoms with Crippen molar-refractivity contribution in [3.05, 3.63) is 23.7 Å². The van der Waals surface area contributed by atoms with Gasteiger partial charge in [0.05, 0.1) is 0 Å². The normalized spacial score (nSPS) is 16.4. The van der Waals surface area contributed by atoms with Crippen molar-refractivity contribution in [2.24, 2.45) is 0 Å². The van der Waals surface area contributed by atoms with Gasteiger partial charge in [-0.05, 0) is 26.0 Å². The molecule has 0 fully saturated rings. The highest BCUT2D eigenvalue weighted by Crippen LogP contribution is 2.20. The Bertz CT molecular complexity index is 240. The average Bonchev–Trinajstić information content (AvgIpc) is 2.36. The van der Waals surface area contributed by atoms with Gasteiger partial charge in [0.25, 0.3) is 0 Å². The van der Waals surface area contributed by atoms with Crippen LogP contribution in [0.15, 0.2) is 16.5 Å². The van der Waals surface area contributed by atoms with Crippen molar-refractivity contribution in [2.45, 2.75) is 19.4 Å². The molecule has 0 aliphatic heterocycles. The van der Waals surface area contributed by atoms with Crippen LogP contribution in [-0.4, -0.2) is 11.7 Å². The third kappa shape index (κ3) is 1.61. The third-order valence-electron chi connectivity index (χ3n) is 1.76. The molecule has 1 heterocycles. The summed E-state index contributed by atoms with van der Waals surface area (Å²) in [6, 6.07) is 3.61. The molecule has 4 N–H and O–H groups in total. The first-order valence-corrected chi connectivity index (χ1v) is 3.65. The lowest BCUT2D eigenvalue weighted by Crippen LogP contribution is -2.59. The lowest BCUT2D eigenvalue weighted by Gasteiger charge is -2.14. The molecule has 0 aliphatic rings. The molecular formula is C8H14NO2+. The first-order chi connectivity index (χ1) is 5.06. The molecule has 0 aliphatic carbocycles. The van der Waals surface area contributed by atoms with Crippen LogP contribution >= 0.6 is 0 Å². The van der Waals surface area contributed by atoms with Gasteiger partial charge in [0.1, 0.15) is 18.1 Å². The van der Waals surface area contributed by atoms with Gasteiger partial charge in [-0.1, -0.05) is 0 Å². The van der Waals surface area contributed by atoms with Gasteiger partial charge in [0.15, 0.2) is 5.60 Å². The number of quaternary nitrogens is 1. The van der Waals surface area contributed by atoms with Crippen molar-refractivity contribution in [3.8, 4) is 0 Å². The van der Waals surface area contributed by atoms with E-state index in [4.69, 9.17) is 4.42 Å². The lowest BCUT2D eigenvalue weighted by molar-refractivity contribution is -0.401. The van der Waals surface area contributed by atoms with Gasteiger partial charge in [-0.2, -0.15) is 0 Å². The van der Waals surface area contributed by atoms with Crippen LogP contribution in [0.4, 0.5) is 0 Å². The molecule has 0 saturated heterocycles. The largest absolute Gasteiger partial charge is 0.463 e. The molecule has 0 amide bonds. The number of aryl methyl sites for hydroxylation is 1. The summed E-state index contributed by atoms with van der Waals surface area (Å²) in [5.41, 5.74) is 2.71. The van der Waals surface area contributed by atoms with E-state index in [0.29, 0.717) is 12.3 Å². The second kappa shape index (κ2) is 2.68. The molecule has 0 spiro atoms. The van der Waals surface area contributed by atoms with Gasteiger partial charge in [0, 0.05) is 0 Å². The van der Waals surface area contributed by atoms with Crippen molar-refractivity contribution in [1.29, 1.82) is 0 Å². The molecule has 1 aromatic rings. The molecule has 1 unspecified atom stereocenters. The van der Waals surface area contributed by atoms with E-state index in [1.165, 1.54) is 0 Å². The third-order valence-corrected chi connectivity index (χ3v) is 1.76. The van der Waals surface area contributed by atoms with E-state index < -0.39 is 5.60 Å². The number of furan rings is 1. The number of aliphatic hydroxyl groups is 1. The maximum atomic E-state index is 9.65. The van der Waals surface area contributed by atoms with E-state index in [1.54, 1.807) is 13.0 Å². The number of rotatable bonds is 2. The fraction of sp³-hybridized carbons (Fsp3) is 0.500. The van der Waals surface area contributed by atoms with Gasteiger partial charge in [-0.15, -0.1) is 0 Å². The zero-order valence-electron chi connectivity index (χ0n) is 6.92. The van der Waals surface area contributed by atoms with Crippen LogP contribution in [0.2, 0.25) is 0 Å². The minimum absolute atomic E-state index is 0.417. The summed E-state index contributed by atoms with van der Waals surface area (Å²) in [7, 11) is 0. The molecule has 0 saturated carbocycles. The average molecular weight is 156 g/mol. The van der Waals surface area contributed by atoms with Gasteiger partial charge >= 0.3 is 0 Å². The van der Waals surface area contributed by atoms with Crippen LogP contribution in [0.1, 0.15) is 18.4 Å². The summed E-state index contributed by atoms with van der Waals surface area (Å²) >= 11 is 0.